The largest absolute Gasteiger partial charge is 0.328 e. The zero-order valence-electron chi connectivity index (χ0n) is 15.9. The third kappa shape index (κ3) is 3.94. The van der Waals surface area contributed by atoms with E-state index in [9.17, 15) is 9.59 Å². The van der Waals surface area contributed by atoms with E-state index in [0.717, 1.165) is 61.4 Å². The van der Waals surface area contributed by atoms with Crippen LogP contribution in [-0.4, -0.2) is 40.2 Å². The fourth-order valence-electron chi connectivity index (χ4n) is 5.18. The van der Waals surface area contributed by atoms with Crippen molar-refractivity contribution in [3.05, 3.63) is 34.3 Å². The first-order chi connectivity index (χ1) is 13.1. The number of carbonyl (C=O) groups excluding carboxylic acids is 2. The average molecular weight is 433 g/mol. The molecule has 1 aromatic carbocycles. The maximum atomic E-state index is 13.7. The predicted octanol–water partition coefficient (Wildman–Crippen LogP) is 4.83. The summed E-state index contributed by atoms with van der Waals surface area (Å²) in [5, 5.41) is 0. The zero-order chi connectivity index (χ0) is 18.8. The molecule has 1 atom stereocenters. The molecule has 0 unspecified atom stereocenters. The van der Waals surface area contributed by atoms with E-state index in [1.165, 1.54) is 12.8 Å². The summed E-state index contributed by atoms with van der Waals surface area (Å²) in [5.41, 5.74) is 0.939. The first-order valence-electron chi connectivity index (χ1n) is 10.5. The number of rotatable bonds is 3. The molecule has 3 fully saturated rings. The summed E-state index contributed by atoms with van der Waals surface area (Å²) in [7, 11) is 0. The molecule has 146 valence electrons. The van der Waals surface area contributed by atoms with E-state index in [4.69, 9.17) is 0 Å². The van der Waals surface area contributed by atoms with Gasteiger partial charge in [-0.25, -0.2) is 0 Å². The monoisotopic (exact) mass is 432 g/mol. The third-order valence-corrected chi connectivity index (χ3v) is 7.03. The van der Waals surface area contributed by atoms with Gasteiger partial charge in [-0.2, -0.15) is 0 Å². The molecule has 1 aromatic rings. The number of piperazine rings is 1. The molecule has 1 aliphatic heterocycles. The molecule has 1 heterocycles. The van der Waals surface area contributed by atoms with Gasteiger partial charge in [0.2, 0.25) is 5.91 Å². The van der Waals surface area contributed by atoms with Crippen LogP contribution in [-0.2, 0) is 9.59 Å². The molecule has 1 saturated heterocycles. The minimum absolute atomic E-state index is 0.130. The molecule has 2 amide bonds. The summed E-state index contributed by atoms with van der Waals surface area (Å²) in [6.07, 6.45) is 11.2. The molecule has 2 saturated carbocycles. The van der Waals surface area contributed by atoms with Gasteiger partial charge in [0.1, 0.15) is 12.6 Å². The Kier molecular flexibility index (Phi) is 5.86. The fraction of sp³-hybridized carbons (Fsp3) is 0.636. The van der Waals surface area contributed by atoms with Crippen molar-refractivity contribution in [2.45, 2.75) is 82.3 Å². The number of amides is 2. The van der Waals surface area contributed by atoms with E-state index in [2.05, 4.69) is 15.9 Å². The van der Waals surface area contributed by atoms with Crippen LogP contribution in [0.2, 0.25) is 0 Å². The lowest BCUT2D eigenvalue weighted by molar-refractivity contribution is -0.162. The highest BCUT2D eigenvalue weighted by atomic mass is 79.9. The Morgan fingerprint density at radius 3 is 2.11 bits per heavy atom. The van der Waals surface area contributed by atoms with Crippen molar-refractivity contribution in [1.82, 2.24) is 9.80 Å². The van der Waals surface area contributed by atoms with Crippen LogP contribution in [0.3, 0.4) is 0 Å². The standard InChI is InChI=1S/C22H29BrN2O2/c23-17-9-7-8-16(14-17)21-22(27)24(18-10-3-1-4-11-18)15-20(26)25(21)19-12-5-2-6-13-19/h7-9,14,18-19,21H,1-6,10-13,15H2/t21-/m1/s1. The molecule has 0 N–H and O–H groups in total. The van der Waals surface area contributed by atoms with Crippen molar-refractivity contribution in [1.29, 1.82) is 0 Å². The number of hydrogen-bond donors (Lipinski definition) is 0. The smallest absolute Gasteiger partial charge is 0.250 e. The molecule has 0 bridgehead atoms. The minimum Gasteiger partial charge on any atom is -0.328 e. The summed E-state index contributed by atoms with van der Waals surface area (Å²) in [6, 6.07) is 7.93. The second-order valence-corrected chi connectivity index (χ2v) is 9.22. The van der Waals surface area contributed by atoms with Gasteiger partial charge in [-0.3, -0.25) is 9.59 Å². The first kappa shape index (κ1) is 19.0. The second-order valence-electron chi connectivity index (χ2n) is 8.31. The number of hydrogen-bond acceptors (Lipinski definition) is 2. The van der Waals surface area contributed by atoms with Crippen LogP contribution in [0.4, 0.5) is 0 Å². The summed E-state index contributed by atoms with van der Waals surface area (Å²) in [5.74, 6) is 0.266. The maximum Gasteiger partial charge on any atom is 0.250 e. The number of nitrogens with zero attached hydrogens (tertiary/aromatic N) is 2. The van der Waals surface area contributed by atoms with Gasteiger partial charge in [0.25, 0.3) is 5.91 Å². The summed E-state index contributed by atoms with van der Waals surface area (Å²) in [4.78, 5) is 30.8. The Morgan fingerprint density at radius 1 is 0.852 bits per heavy atom. The molecule has 5 heteroatoms. The van der Waals surface area contributed by atoms with Crippen molar-refractivity contribution < 1.29 is 9.59 Å². The number of benzene rings is 1. The Balaban J connectivity index is 1.68. The van der Waals surface area contributed by atoms with Gasteiger partial charge < -0.3 is 9.80 Å². The predicted molar refractivity (Wildman–Crippen MR) is 109 cm³/mol. The van der Waals surface area contributed by atoms with Gasteiger partial charge in [-0.15, -0.1) is 0 Å². The lowest BCUT2D eigenvalue weighted by Crippen LogP contribution is -2.61. The average Bonchev–Trinajstić information content (AvgIpc) is 2.70. The molecular formula is C22H29BrN2O2. The van der Waals surface area contributed by atoms with Crippen molar-refractivity contribution in [3.63, 3.8) is 0 Å². The van der Waals surface area contributed by atoms with Gasteiger partial charge in [0.05, 0.1) is 0 Å². The van der Waals surface area contributed by atoms with E-state index < -0.39 is 6.04 Å². The number of halogens is 1. The van der Waals surface area contributed by atoms with E-state index in [-0.39, 0.29) is 30.4 Å². The quantitative estimate of drug-likeness (QED) is 0.686. The van der Waals surface area contributed by atoms with Gasteiger partial charge in [-0.1, -0.05) is 66.6 Å². The Labute approximate surface area is 170 Å². The van der Waals surface area contributed by atoms with Crippen LogP contribution in [0.15, 0.2) is 28.7 Å². The van der Waals surface area contributed by atoms with Crippen LogP contribution >= 0.6 is 15.9 Å². The van der Waals surface area contributed by atoms with Crippen molar-refractivity contribution in [2.75, 3.05) is 6.54 Å². The van der Waals surface area contributed by atoms with Crippen molar-refractivity contribution >= 4 is 27.7 Å². The third-order valence-electron chi connectivity index (χ3n) is 6.54. The Bertz CT molecular complexity index is 695. The van der Waals surface area contributed by atoms with Crippen LogP contribution < -0.4 is 0 Å². The van der Waals surface area contributed by atoms with Crippen LogP contribution in [0.1, 0.15) is 75.8 Å². The van der Waals surface area contributed by atoms with Gasteiger partial charge in [-0.05, 0) is 43.4 Å². The van der Waals surface area contributed by atoms with E-state index in [0.29, 0.717) is 0 Å². The Hall–Kier alpha value is -1.36. The molecule has 0 radical (unpaired) electrons. The zero-order valence-corrected chi connectivity index (χ0v) is 17.5. The number of carbonyl (C=O) groups is 2. The molecule has 4 nitrogen and oxygen atoms in total. The first-order valence-corrected chi connectivity index (χ1v) is 11.3. The van der Waals surface area contributed by atoms with Gasteiger partial charge in [0, 0.05) is 16.6 Å². The molecule has 0 aromatic heterocycles. The fourth-order valence-corrected chi connectivity index (χ4v) is 5.60. The van der Waals surface area contributed by atoms with E-state index in [1.54, 1.807) is 0 Å². The maximum absolute atomic E-state index is 13.7. The lowest BCUT2D eigenvalue weighted by Gasteiger charge is -2.48. The van der Waals surface area contributed by atoms with E-state index >= 15 is 0 Å². The SMILES string of the molecule is O=C1[C@@H](c2cccc(Br)c2)N(C2CCCCC2)C(=O)CN1C1CCCCC1. The lowest BCUT2D eigenvalue weighted by atomic mass is 9.88. The molecule has 4 rings (SSSR count). The summed E-state index contributed by atoms with van der Waals surface area (Å²) in [6.45, 7) is 0.268. The highest BCUT2D eigenvalue weighted by molar-refractivity contribution is 9.10. The molecule has 0 spiro atoms. The molecule has 2 aliphatic carbocycles. The molecule has 27 heavy (non-hydrogen) atoms. The van der Waals surface area contributed by atoms with Gasteiger partial charge >= 0.3 is 0 Å². The van der Waals surface area contributed by atoms with Gasteiger partial charge in [0.15, 0.2) is 0 Å². The van der Waals surface area contributed by atoms with Crippen LogP contribution in [0.25, 0.3) is 0 Å². The van der Waals surface area contributed by atoms with Crippen LogP contribution in [0.5, 0.6) is 0 Å². The summed E-state index contributed by atoms with van der Waals surface area (Å²) >= 11 is 3.54. The molecule has 3 aliphatic rings. The molecular weight excluding hydrogens is 404 g/mol. The van der Waals surface area contributed by atoms with Crippen molar-refractivity contribution in [2.24, 2.45) is 0 Å². The minimum atomic E-state index is -0.464. The summed E-state index contributed by atoms with van der Waals surface area (Å²) < 4.78 is 0.957. The Morgan fingerprint density at radius 2 is 1.48 bits per heavy atom. The van der Waals surface area contributed by atoms with Crippen molar-refractivity contribution in [3.8, 4) is 0 Å². The highest BCUT2D eigenvalue weighted by Gasteiger charge is 2.45. The second kappa shape index (κ2) is 8.34. The normalized spacial score (nSPS) is 25.9. The van der Waals surface area contributed by atoms with E-state index in [1.807, 2.05) is 34.1 Å². The topological polar surface area (TPSA) is 40.6 Å². The van der Waals surface area contributed by atoms with Crippen LogP contribution in [0, 0.1) is 0 Å². The highest BCUT2D eigenvalue weighted by Crippen LogP contribution is 2.37.